The van der Waals surface area contributed by atoms with Crippen molar-refractivity contribution < 1.29 is 4.79 Å². The Kier molecular flexibility index (Phi) is 5.44. The molecule has 122 valence electrons. The number of rotatable bonds is 4. The van der Waals surface area contributed by atoms with Crippen LogP contribution in [0.1, 0.15) is 43.4 Å². The third-order valence-corrected chi connectivity index (χ3v) is 5.41. The van der Waals surface area contributed by atoms with E-state index in [0.717, 1.165) is 43.1 Å². The summed E-state index contributed by atoms with van der Waals surface area (Å²) in [6.45, 7) is 3.98. The Morgan fingerprint density at radius 2 is 1.91 bits per heavy atom. The molecule has 0 radical (unpaired) electrons. The minimum atomic E-state index is 0.289. The van der Waals surface area contributed by atoms with Gasteiger partial charge in [-0.2, -0.15) is 0 Å². The lowest BCUT2D eigenvalue weighted by atomic mass is 10.1. The lowest BCUT2D eigenvalue weighted by Crippen LogP contribution is -2.31. The first-order valence-corrected chi connectivity index (χ1v) is 9.40. The zero-order chi connectivity index (χ0) is 16.1. The molecule has 0 aliphatic carbocycles. The smallest absolute Gasteiger partial charge is 0.222 e. The Morgan fingerprint density at radius 3 is 2.65 bits per heavy atom. The standard InChI is InChI=1S/C19H24N2OS/c1-15-8-4-5-9-17(15)19-20-16(14-23-19)10-11-18(22)21-12-6-2-3-7-13-21/h4-5,8-9,14H,2-3,6-7,10-13H2,1H3. The molecule has 1 fully saturated rings. The average Bonchev–Trinajstić information content (AvgIpc) is 2.86. The van der Waals surface area contributed by atoms with E-state index < -0.39 is 0 Å². The molecule has 0 N–H and O–H groups in total. The monoisotopic (exact) mass is 328 g/mol. The molecule has 0 bridgehead atoms. The van der Waals surface area contributed by atoms with Crippen LogP contribution in [0.2, 0.25) is 0 Å². The zero-order valence-corrected chi connectivity index (χ0v) is 14.6. The SMILES string of the molecule is Cc1ccccc1-c1nc(CCC(=O)N2CCCCCC2)cs1. The highest BCUT2D eigenvalue weighted by molar-refractivity contribution is 7.13. The zero-order valence-electron chi connectivity index (χ0n) is 13.8. The molecule has 1 aliphatic rings. The highest BCUT2D eigenvalue weighted by atomic mass is 32.1. The van der Waals surface area contributed by atoms with Crippen molar-refractivity contribution in [2.24, 2.45) is 0 Å². The average molecular weight is 328 g/mol. The number of carbonyl (C=O) groups excluding carboxylic acids is 1. The molecule has 3 nitrogen and oxygen atoms in total. The van der Waals surface area contributed by atoms with Gasteiger partial charge in [0.05, 0.1) is 5.69 Å². The van der Waals surface area contributed by atoms with Crippen LogP contribution in [0.15, 0.2) is 29.6 Å². The first-order chi connectivity index (χ1) is 11.2. The lowest BCUT2D eigenvalue weighted by molar-refractivity contribution is -0.131. The van der Waals surface area contributed by atoms with Crippen LogP contribution in [-0.4, -0.2) is 28.9 Å². The minimum Gasteiger partial charge on any atom is -0.343 e. The van der Waals surface area contributed by atoms with Gasteiger partial charge in [-0.1, -0.05) is 37.1 Å². The third-order valence-electron chi connectivity index (χ3n) is 4.48. The first kappa shape index (κ1) is 16.2. The van der Waals surface area contributed by atoms with Crippen molar-refractivity contribution in [1.29, 1.82) is 0 Å². The number of thiazole rings is 1. The summed E-state index contributed by atoms with van der Waals surface area (Å²) in [6, 6.07) is 8.32. The Labute approximate surface area is 142 Å². The second-order valence-electron chi connectivity index (χ2n) is 6.25. The molecule has 4 heteroatoms. The number of benzene rings is 1. The van der Waals surface area contributed by atoms with Crippen LogP contribution in [0.5, 0.6) is 0 Å². The number of amides is 1. The number of aryl methyl sites for hydroxylation is 2. The quantitative estimate of drug-likeness (QED) is 0.830. The number of nitrogens with zero attached hydrogens (tertiary/aromatic N) is 2. The van der Waals surface area contributed by atoms with Gasteiger partial charge in [-0.15, -0.1) is 11.3 Å². The van der Waals surface area contributed by atoms with Crippen molar-refractivity contribution in [3.63, 3.8) is 0 Å². The Morgan fingerprint density at radius 1 is 1.17 bits per heavy atom. The highest BCUT2D eigenvalue weighted by Crippen LogP contribution is 2.27. The van der Waals surface area contributed by atoms with Gasteiger partial charge in [0.2, 0.25) is 5.91 Å². The number of hydrogen-bond donors (Lipinski definition) is 0. The molecule has 1 aliphatic heterocycles. The van der Waals surface area contributed by atoms with Gasteiger partial charge in [0, 0.05) is 30.5 Å². The van der Waals surface area contributed by atoms with Crippen LogP contribution in [0, 0.1) is 6.92 Å². The number of aromatic nitrogens is 1. The summed E-state index contributed by atoms with van der Waals surface area (Å²) in [7, 11) is 0. The van der Waals surface area contributed by atoms with E-state index in [-0.39, 0.29) is 5.91 Å². The molecule has 2 aromatic rings. The molecule has 3 rings (SSSR count). The molecular weight excluding hydrogens is 304 g/mol. The largest absolute Gasteiger partial charge is 0.343 e. The molecule has 0 atom stereocenters. The molecule has 0 spiro atoms. The van der Waals surface area contributed by atoms with E-state index >= 15 is 0 Å². The van der Waals surface area contributed by atoms with Crippen molar-refractivity contribution >= 4 is 17.2 Å². The van der Waals surface area contributed by atoms with Gasteiger partial charge >= 0.3 is 0 Å². The molecule has 0 saturated carbocycles. The molecular formula is C19H24N2OS. The molecule has 1 amide bonds. The van der Waals surface area contributed by atoms with Crippen molar-refractivity contribution in [1.82, 2.24) is 9.88 Å². The van der Waals surface area contributed by atoms with Gasteiger partial charge < -0.3 is 4.90 Å². The van der Waals surface area contributed by atoms with Gasteiger partial charge in [-0.3, -0.25) is 4.79 Å². The van der Waals surface area contributed by atoms with Crippen molar-refractivity contribution in [2.75, 3.05) is 13.1 Å². The maximum absolute atomic E-state index is 12.4. The second-order valence-corrected chi connectivity index (χ2v) is 7.11. The summed E-state index contributed by atoms with van der Waals surface area (Å²) >= 11 is 1.67. The predicted molar refractivity (Wildman–Crippen MR) is 95.7 cm³/mol. The van der Waals surface area contributed by atoms with Crippen LogP contribution in [0.3, 0.4) is 0 Å². The fourth-order valence-electron chi connectivity index (χ4n) is 3.07. The minimum absolute atomic E-state index is 0.289. The van der Waals surface area contributed by atoms with Gasteiger partial charge in [0.25, 0.3) is 0 Å². The molecule has 0 unspecified atom stereocenters. The van der Waals surface area contributed by atoms with E-state index in [1.165, 1.54) is 24.0 Å². The number of hydrogen-bond acceptors (Lipinski definition) is 3. The summed E-state index contributed by atoms with van der Waals surface area (Å²) in [5, 5.41) is 3.15. The summed E-state index contributed by atoms with van der Waals surface area (Å²) < 4.78 is 0. The summed E-state index contributed by atoms with van der Waals surface area (Å²) in [5.41, 5.74) is 3.48. The summed E-state index contributed by atoms with van der Waals surface area (Å²) in [4.78, 5) is 19.1. The van der Waals surface area contributed by atoms with E-state index in [1.807, 2.05) is 17.0 Å². The number of likely N-dealkylation sites (tertiary alicyclic amines) is 1. The maximum Gasteiger partial charge on any atom is 0.222 e. The normalized spacial score (nSPS) is 15.4. The van der Waals surface area contributed by atoms with Gasteiger partial charge in [0.1, 0.15) is 5.01 Å². The van der Waals surface area contributed by atoms with E-state index in [1.54, 1.807) is 11.3 Å². The second kappa shape index (κ2) is 7.73. The third kappa shape index (κ3) is 4.20. The topological polar surface area (TPSA) is 33.2 Å². The number of carbonyl (C=O) groups is 1. The van der Waals surface area contributed by atoms with Crippen LogP contribution < -0.4 is 0 Å². The van der Waals surface area contributed by atoms with Crippen LogP contribution >= 0.6 is 11.3 Å². The molecule has 23 heavy (non-hydrogen) atoms. The Bertz CT molecular complexity index is 657. The van der Waals surface area contributed by atoms with Crippen LogP contribution in [-0.2, 0) is 11.2 Å². The van der Waals surface area contributed by atoms with Gasteiger partial charge in [-0.05, 0) is 31.7 Å². The van der Waals surface area contributed by atoms with E-state index in [2.05, 4.69) is 24.4 Å². The fourth-order valence-corrected chi connectivity index (χ4v) is 4.02. The Balaban J connectivity index is 1.59. The molecule has 2 heterocycles. The molecule has 1 saturated heterocycles. The lowest BCUT2D eigenvalue weighted by Gasteiger charge is -2.19. The maximum atomic E-state index is 12.4. The van der Waals surface area contributed by atoms with Gasteiger partial charge in [0.15, 0.2) is 0 Å². The van der Waals surface area contributed by atoms with Crippen molar-refractivity contribution in [3.8, 4) is 10.6 Å². The summed E-state index contributed by atoms with van der Waals surface area (Å²) in [5.74, 6) is 0.289. The van der Waals surface area contributed by atoms with Crippen LogP contribution in [0.25, 0.3) is 10.6 Å². The van der Waals surface area contributed by atoms with Crippen molar-refractivity contribution in [2.45, 2.75) is 45.4 Å². The molecule has 1 aromatic heterocycles. The first-order valence-electron chi connectivity index (χ1n) is 8.52. The van der Waals surface area contributed by atoms with Crippen molar-refractivity contribution in [3.05, 3.63) is 40.9 Å². The molecule has 1 aromatic carbocycles. The summed E-state index contributed by atoms with van der Waals surface area (Å²) in [6.07, 6.45) is 6.15. The fraction of sp³-hybridized carbons (Fsp3) is 0.474. The Hall–Kier alpha value is -1.68. The predicted octanol–water partition coefficient (Wildman–Crippen LogP) is 4.45. The van der Waals surface area contributed by atoms with E-state index in [0.29, 0.717) is 6.42 Å². The van der Waals surface area contributed by atoms with E-state index in [4.69, 9.17) is 4.98 Å². The van der Waals surface area contributed by atoms with E-state index in [9.17, 15) is 4.79 Å². The van der Waals surface area contributed by atoms with Crippen LogP contribution in [0.4, 0.5) is 0 Å². The van der Waals surface area contributed by atoms with Gasteiger partial charge in [-0.25, -0.2) is 4.98 Å². The highest BCUT2D eigenvalue weighted by Gasteiger charge is 2.16.